The Morgan fingerprint density at radius 3 is 2.69 bits per heavy atom. The Morgan fingerprint density at radius 2 is 2.08 bits per heavy atom. The Bertz CT molecular complexity index is 274. The predicted molar refractivity (Wildman–Crippen MR) is 56.3 cm³/mol. The molecular formula is C10H13BrO2. The van der Waals surface area contributed by atoms with Crippen LogP contribution in [-0.2, 0) is 4.74 Å². The van der Waals surface area contributed by atoms with E-state index >= 15 is 0 Å². The number of hydrogen-bond donors (Lipinski definition) is 0. The largest absolute Gasteiger partial charge is 0.491 e. The third kappa shape index (κ3) is 3.36. The predicted octanol–water partition coefficient (Wildman–Crippen LogP) is 2.78. The van der Waals surface area contributed by atoms with Crippen molar-refractivity contribution in [1.29, 1.82) is 0 Å². The van der Waals surface area contributed by atoms with Crippen molar-refractivity contribution < 1.29 is 9.47 Å². The summed E-state index contributed by atoms with van der Waals surface area (Å²) in [5, 5.41) is 0. The van der Waals surface area contributed by atoms with Gasteiger partial charge < -0.3 is 9.47 Å². The molecule has 72 valence electrons. The molecule has 3 heteroatoms. The highest BCUT2D eigenvalue weighted by atomic mass is 79.9. The Hall–Kier alpha value is -0.540. The maximum Gasteiger partial charge on any atom is 0.120 e. The fourth-order valence-corrected chi connectivity index (χ4v) is 1.26. The Balaban J connectivity index is 2.53. The average Bonchev–Trinajstić information content (AvgIpc) is 2.12. The van der Waals surface area contributed by atoms with E-state index in [4.69, 9.17) is 9.47 Å². The van der Waals surface area contributed by atoms with Crippen LogP contribution in [0.4, 0.5) is 0 Å². The SMILES string of the molecule is COCCOc1ccc(C)c(Br)c1. The van der Waals surface area contributed by atoms with Crippen molar-refractivity contribution in [3.63, 3.8) is 0 Å². The Labute approximate surface area is 87.0 Å². The molecule has 0 amide bonds. The van der Waals surface area contributed by atoms with Crippen LogP contribution in [-0.4, -0.2) is 20.3 Å². The first kappa shape index (κ1) is 10.5. The van der Waals surface area contributed by atoms with Crippen molar-refractivity contribution in [1.82, 2.24) is 0 Å². The molecule has 0 unspecified atom stereocenters. The first-order valence-electron chi connectivity index (χ1n) is 4.12. The molecular weight excluding hydrogens is 232 g/mol. The van der Waals surface area contributed by atoms with E-state index in [2.05, 4.69) is 15.9 Å². The van der Waals surface area contributed by atoms with Crippen LogP contribution in [0.5, 0.6) is 5.75 Å². The normalized spacial score (nSPS) is 10.1. The number of rotatable bonds is 4. The monoisotopic (exact) mass is 244 g/mol. The number of benzene rings is 1. The van der Waals surface area contributed by atoms with Gasteiger partial charge in [0.25, 0.3) is 0 Å². The van der Waals surface area contributed by atoms with E-state index in [1.54, 1.807) is 7.11 Å². The molecule has 0 radical (unpaired) electrons. The van der Waals surface area contributed by atoms with Crippen LogP contribution in [0, 0.1) is 6.92 Å². The summed E-state index contributed by atoms with van der Waals surface area (Å²) in [6.45, 7) is 3.25. The van der Waals surface area contributed by atoms with Crippen LogP contribution >= 0.6 is 15.9 Å². The molecule has 0 saturated carbocycles. The van der Waals surface area contributed by atoms with Crippen molar-refractivity contribution in [2.24, 2.45) is 0 Å². The Morgan fingerprint density at radius 1 is 1.31 bits per heavy atom. The van der Waals surface area contributed by atoms with Gasteiger partial charge in [-0.2, -0.15) is 0 Å². The van der Waals surface area contributed by atoms with Gasteiger partial charge in [-0.15, -0.1) is 0 Å². The molecule has 0 spiro atoms. The minimum Gasteiger partial charge on any atom is -0.491 e. The van der Waals surface area contributed by atoms with Crippen LogP contribution in [0.1, 0.15) is 5.56 Å². The minimum atomic E-state index is 0.589. The third-order valence-electron chi connectivity index (χ3n) is 1.70. The minimum absolute atomic E-state index is 0.589. The summed E-state index contributed by atoms with van der Waals surface area (Å²) in [6, 6.07) is 5.94. The van der Waals surface area contributed by atoms with Gasteiger partial charge >= 0.3 is 0 Å². The lowest BCUT2D eigenvalue weighted by Crippen LogP contribution is -2.04. The number of methoxy groups -OCH3 is 1. The van der Waals surface area contributed by atoms with Crippen LogP contribution in [0.25, 0.3) is 0 Å². The first-order chi connectivity index (χ1) is 6.24. The lowest BCUT2D eigenvalue weighted by atomic mass is 10.2. The van der Waals surface area contributed by atoms with E-state index in [-0.39, 0.29) is 0 Å². The van der Waals surface area contributed by atoms with E-state index in [0.717, 1.165) is 10.2 Å². The van der Waals surface area contributed by atoms with Crippen LogP contribution in [0.3, 0.4) is 0 Å². The van der Waals surface area contributed by atoms with Crippen LogP contribution in [0.15, 0.2) is 22.7 Å². The fraction of sp³-hybridized carbons (Fsp3) is 0.400. The topological polar surface area (TPSA) is 18.5 Å². The maximum absolute atomic E-state index is 5.43. The third-order valence-corrected chi connectivity index (χ3v) is 2.55. The summed E-state index contributed by atoms with van der Waals surface area (Å²) in [7, 11) is 1.66. The smallest absolute Gasteiger partial charge is 0.120 e. The molecule has 0 aliphatic rings. The summed E-state index contributed by atoms with van der Waals surface area (Å²) in [5.74, 6) is 0.870. The summed E-state index contributed by atoms with van der Waals surface area (Å²) < 4.78 is 11.4. The quantitative estimate of drug-likeness (QED) is 0.759. The lowest BCUT2D eigenvalue weighted by Gasteiger charge is -2.06. The van der Waals surface area contributed by atoms with Gasteiger partial charge in [-0.05, 0) is 24.6 Å². The second kappa shape index (κ2) is 5.25. The van der Waals surface area contributed by atoms with Crippen LogP contribution < -0.4 is 4.74 Å². The zero-order chi connectivity index (χ0) is 9.68. The molecule has 1 aromatic rings. The van der Waals surface area contributed by atoms with E-state index < -0.39 is 0 Å². The summed E-state index contributed by atoms with van der Waals surface area (Å²) in [5.41, 5.74) is 1.21. The van der Waals surface area contributed by atoms with Crippen LogP contribution in [0.2, 0.25) is 0 Å². The van der Waals surface area contributed by atoms with Gasteiger partial charge in [-0.1, -0.05) is 22.0 Å². The summed E-state index contributed by atoms with van der Waals surface area (Å²) >= 11 is 3.44. The standard InChI is InChI=1S/C10H13BrO2/c1-8-3-4-9(7-10(8)11)13-6-5-12-2/h3-4,7H,5-6H2,1-2H3. The highest BCUT2D eigenvalue weighted by Gasteiger charge is 1.97. The summed E-state index contributed by atoms with van der Waals surface area (Å²) in [4.78, 5) is 0. The van der Waals surface area contributed by atoms with Crippen molar-refractivity contribution in [2.45, 2.75) is 6.92 Å². The molecule has 0 fully saturated rings. The molecule has 1 rings (SSSR count). The van der Waals surface area contributed by atoms with E-state index in [1.165, 1.54) is 5.56 Å². The maximum atomic E-state index is 5.43. The number of halogens is 1. The summed E-state index contributed by atoms with van der Waals surface area (Å²) in [6.07, 6.45) is 0. The van der Waals surface area contributed by atoms with Crippen molar-refractivity contribution in [3.8, 4) is 5.75 Å². The average molecular weight is 245 g/mol. The van der Waals surface area contributed by atoms with Gasteiger partial charge in [0.05, 0.1) is 6.61 Å². The molecule has 0 heterocycles. The van der Waals surface area contributed by atoms with Gasteiger partial charge in [-0.25, -0.2) is 0 Å². The molecule has 0 atom stereocenters. The number of hydrogen-bond acceptors (Lipinski definition) is 2. The molecule has 2 nitrogen and oxygen atoms in total. The fourth-order valence-electron chi connectivity index (χ4n) is 0.906. The zero-order valence-electron chi connectivity index (χ0n) is 7.84. The molecule has 0 saturated heterocycles. The van der Waals surface area contributed by atoms with E-state index in [1.807, 2.05) is 25.1 Å². The van der Waals surface area contributed by atoms with Crippen molar-refractivity contribution in [3.05, 3.63) is 28.2 Å². The molecule has 13 heavy (non-hydrogen) atoms. The number of ether oxygens (including phenoxy) is 2. The highest BCUT2D eigenvalue weighted by Crippen LogP contribution is 2.21. The molecule has 0 bridgehead atoms. The van der Waals surface area contributed by atoms with E-state index in [0.29, 0.717) is 13.2 Å². The highest BCUT2D eigenvalue weighted by molar-refractivity contribution is 9.10. The molecule has 0 aliphatic heterocycles. The molecule has 0 N–H and O–H groups in total. The van der Waals surface area contributed by atoms with Gasteiger partial charge in [0, 0.05) is 11.6 Å². The number of aryl methyl sites for hydroxylation is 1. The first-order valence-corrected chi connectivity index (χ1v) is 4.91. The molecule has 1 aromatic carbocycles. The van der Waals surface area contributed by atoms with Crippen molar-refractivity contribution in [2.75, 3.05) is 20.3 Å². The molecule has 0 aliphatic carbocycles. The second-order valence-corrected chi connectivity index (χ2v) is 3.61. The molecule has 0 aromatic heterocycles. The second-order valence-electron chi connectivity index (χ2n) is 2.75. The lowest BCUT2D eigenvalue weighted by molar-refractivity contribution is 0.146. The van der Waals surface area contributed by atoms with Gasteiger partial charge in [0.2, 0.25) is 0 Å². The van der Waals surface area contributed by atoms with Crippen molar-refractivity contribution >= 4 is 15.9 Å². The van der Waals surface area contributed by atoms with E-state index in [9.17, 15) is 0 Å². The van der Waals surface area contributed by atoms with Gasteiger partial charge in [0.1, 0.15) is 12.4 Å². The van der Waals surface area contributed by atoms with Gasteiger partial charge in [0.15, 0.2) is 0 Å². The Kier molecular flexibility index (Phi) is 4.25. The zero-order valence-corrected chi connectivity index (χ0v) is 9.43. The van der Waals surface area contributed by atoms with Gasteiger partial charge in [-0.3, -0.25) is 0 Å².